The highest BCUT2D eigenvalue weighted by Gasteiger charge is 2.06. The third-order valence-corrected chi connectivity index (χ3v) is 3.11. The normalized spacial score (nSPS) is 10.5. The SMILES string of the molecule is CC.COc1cc(OC)cc(N(N)/C=C(\N)c2ccc(O)cc2)c1. The number of aromatic hydroxyl groups is 1. The van der Waals surface area contributed by atoms with Gasteiger partial charge in [-0.05, 0) is 29.8 Å². The van der Waals surface area contributed by atoms with Crippen LogP contribution in [0.3, 0.4) is 0 Å². The van der Waals surface area contributed by atoms with Crippen molar-refractivity contribution in [2.24, 2.45) is 11.6 Å². The molecule has 0 spiro atoms. The number of phenols is 1. The van der Waals surface area contributed by atoms with Gasteiger partial charge in [0, 0.05) is 24.4 Å². The summed E-state index contributed by atoms with van der Waals surface area (Å²) in [5.41, 5.74) is 7.90. The largest absolute Gasteiger partial charge is 0.508 e. The van der Waals surface area contributed by atoms with Crippen molar-refractivity contribution in [1.29, 1.82) is 0 Å². The molecule has 0 radical (unpaired) electrons. The molecule has 0 fully saturated rings. The first kappa shape index (κ1) is 19.2. The van der Waals surface area contributed by atoms with Crippen LogP contribution in [0.15, 0.2) is 48.7 Å². The number of ether oxygens (including phenoxy) is 2. The van der Waals surface area contributed by atoms with E-state index in [-0.39, 0.29) is 5.75 Å². The lowest BCUT2D eigenvalue weighted by molar-refractivity contribution is 0.394. The molecule has 6 nitrogen and oxygen atoms in total. The molecule has 130 valence electrons. The van der Waals surface area contributed by atoms with Crippen LogP contribution in [0.25, 0.3) is 5.70 Å². The zero-order valence-corrected chi connectivity index (χ0v) is 14.5. The zero-order chi connectivity index (χ0) is 18.1. The molecule has 0 amide bonds. The first-order valence-corrected chi connectivity index (χ1v) is 7.57. The highest BCUT2D eigenvalue weighted by Crippen LogP contribution is 2.28. The number of anilines is 1. The quantitative estimate of drug-likeness (QED) is 0.576. The van der Waals surface area contributed by atoms with Gasteiger partial charge in [0.25, 0.3) is 0 Å². The van der Waals surface area contributed by atoms with Gasteiger partial charge in [0.1, 0.15) is 17.2 Å². The molecule has 0 atom stereocenters. The van der Waals surface area contributed by atoms with Gasteiger partial charge < -0.3 is 20.3 Å². The van der Waals surface area contributed by atoms with E-state index in [1.165, 1.54) is 5.01 Å². The van der Waals surface area contributed by atoms with Crippen LogP contribution >= 0.6 is 0 Å². The van der Waals surface area contributed by atoms with E-state index < -0.39 is 0 Å². The molecule has 0 heterocycles. The third-order valence-electron chi connectivity index (χ3n) is 3.11. The fourth-order valence-electron chi connectivity index (χ4n) is 1.89. The summed E-state index contributed by atoms with van der Waals surface area (Å²) in [6, 6.07) is 11.8. The average molecular weight is 331 g/mol. The maximum absolute atomic E-state index is 9.29. The van der Waals surface area contributed by atoms with E-state index in [1.807, 2.05) is 13.8 Å². The Labute approximate surface area is 142 Å². The van der Waals surface area contributed by atoms with E-state index in [4.69, 9.17) is 21.1 Å². The highest BCUT2D eigenvalue weighted by molar-refractivity contribution is 5.67. The second kappa shape index (κ2) is 9.32. The van der Waals surface area contributed by atoms with Crippen molar-refractivity contribution >= 4 is 11.4 Å². The van der Waals surface area contributed by atoms with Gasteiger partial charge >= 0.3 is 0 Å². The Kier molecular flexibility index (Phi) is 7.45. The molecule has 0 aromatic heterocycles. The lowest BCUT2D eigenvalue weighted by Crippen LogP contribution is -2.25. The van der Waals surface area contributed by atoms with Gasteiger partial charge in [0.05, 0.1) is 25.6 Å². The van der Waals surface area contributed by atoms with E-state index in [1.54, 1.807) is 62.9 Å². The number of nitrogens with zero attached hydrogens (tertiary/aromatic N) is 1. The Hall–Kier alpha value is -2.86. The van der Waals surface area contributed by atoms with E-state index in [2.05, 4.69) is 0 Å². The van der Waals surface area contributed by atoms with Crippen LogP contribution in [0.4, 0.5) is 5.69 Å². The Morgan fingerprint density at radius 2 is 1.50 bits per heavy atom. The van der Waals surface area contributed by atoms with E-state index >= 15 is 0 Å². The number of phenolic OH excluding ortho intramolecular Hbond substituents is 1. The summed E-state index contributed by atoms with van der Waals surface area (Å²) in [5, 5.41) is 10.7. The molecule has 2 aromatic carbocycles. The highest BCUT2D eigenvalue weighted by atomic mass is 16.5. The second-order valence-electron chi connectivity index (χ2n) is 4.61. The molecule has 24 heavy (non-hydrogen) atoms. The molecule has 0 unspecified atom stereocenters. The van der Waals surface area contributed by atoms with E-state index in [0.29, 0.717) is 22.9 Å². The van der Waals surface area contributed by atoms with Gasteiger partial charge in [-0.3, -0.25) is 5.01 Å². The number of rotatable bonds is 5. The molecule has 5 N–H and O–H groups in total. The monoisotopic (exact) mass is 331 g/mol. The molecule has 0 saturated carbocycles. The van der Waals surface area contributed by atoms with Crippen molar-refractivity contribution in [3.63, 3.8) is 0 Å². The molecular weight excluding hydrogens is 306 g/mol. The van der Waals surface area contributed by atoms with Crippen LogP contribution in [0.1, 0.15) is 19.4 Å². The van der Waals surface area contributed by atoms with Crippen LogP contribution in [-0.2, 0) is 0 Å². The molecular formula is C18H25N3O3. The van der Waals surface area contributed by atoms with Crippen LogP contribution in [0.2, 0.25) is 0 Å². The van der Waals surface area contributed by atoms with Crippen molar-refractivity contribution in [2.75, 3.05) is 19.2 Å². The maximum Gasteiger partial charge on any atom is 0.124 e. The van der Waals surface area contributed by atoms with Gasteiger partial charge in [-0.1, -0.05) is 13.8 Å². The fraction of sp³-hybridized carbons (Fsp3) is 0.222. The average Bonchev–Trinajstić information content (AvgIpc) is 2.63. The number of hydrazine groups is 1. The molecule has 0 aliphatic carbocycles. The lowest BCUT2D eigenvalue weighted by Gasteiger charge is -2.17. The minimum atomic E-state index is 0.179. The first-order chi connectivity index (χ1) is 11.5. The smallest absolute Gasteiger partial charge is 0.124 e. The summed E-state index contributed by atoms with van der Waals surface area (Å²) in [6.07, 6.45) is 1.58. The lowest BCUT2D eigenvalue weighted by atomic mass is 10.1. The summed E-state index contributed by atoms with van der Waals surface area (Å²) in [6.45, 7) is 4.00. The predicted molar refractivity (Wildman–Crippen MR) is 97.8 cm³/mol. The van der Waals surface area contributed by atoms with Crippen molar-refractivity contribution in [2.45, 2.75) is 13.8 Å². The Morgan fingerprint density at radius 3 is 1.96 bits per heavy atom. The third kappa shape index (κ3) is 5.10. The molecule has 2 rings (SSSR count). The summed E-state index contributed by atoms with van der Waals surface area (Å²) in [5.74, 6) is 7.46. The minimum Gasteiger partial charge on any atom is -0.508 e. The summed E-state index contributed by atoms with van der Waals surface area (Å²) in [7, 11) is 3.14. The summed E-state index contributed by atoms with van der Waals surface area (Å²) < 4.78 is 10.4. The molecule has 0 aliphatic rings. The number of methoxy groups -OCH3 is 2. The second-order valence-corrected chi connectivity index (χ2v) is 4.61. The van der Waals surface area contributed by atoms with Gasteiger partial charge in [-0.2, -0.15) is 0 Å². The van der Waals surface area contributed by atoms with Gasteiger partial charge in [-0.25, -0.2) is 5.84 Å². The van der Waals surface area contributed by atoms with Gasteiger partial charge in [0.2, 0.25) is 0 Å². The van der Waals surface area contributed by atoms with Crippen LogP contribution < -0.4 is 26.1 Å². The Balaban J connectivity index is 0.00000139. The number of hydrogen-bond donors (Lipinski definition) is 3. The van der Waals surface area contributed by atoms with Gasteiger partial charge in [-0.15, -0.1) is 0 Å². The van der Waals surface area contributed by atoms with Gasteiger partial charge in [0.15, 0.2) is 0 Å². The summed E-state index contributed by atoms with van der Waals surface area (Å²) >= 11 is 0. The molecule has 0 aliphatic heterocycles. The zero-order valence-electron chi connectivity index (χ0n) is 14.5. The fourth-order valence-corrected chi connectivity index (χ4v) is 1.89. The van der Waals surface area contributed by atoms with Crippen molar-refractivity contribution in [3.8, 4) is 17.2 Å². The van der Waals surface area contributed by atoms with Crippen LogP contribution in [0, 0.1) is 0 Å². The molecule has 0 bridgehead atoms. The topological polar surface area (TPSA) is 94.0 Å². The first-order valence-electron chi connectivity index (χ1n) is 7.57. The number of nitrogens with two attached hydrogens (primary N) is 2. The van der Waals surface area contributed by atoms with Crippen molar-refractivity contribution in [3.05, 3.63) is 54.2 Å². The molecule has 2 aromatic rings. The summed E-state index contributed by atoms with van der Waals surface area (Å²) in [4.78, 5) is 0. The number of hydrogen-bond acceptors (Lipinski definition) is 6. The van der Waals surface area contributed by atoms with Crippen LogP contribution in [0.5, 0.6) is 17.2 Å². The molecule has 6 heteroatoms. The van der Waals surface area contributed by atoms with Crippen molar-refractivity contribution < 1.29 is 14.6 Å². The van der Waals surface area contributed by atoms with Crippen LogP contribution in [-0.4, -0.2) is 19.3 Å². The van der Waals surface area contributed by atoms with Crippen molar-refractivity contribution in [1.82, 2.24) is 0 Å². The Bertz CT molecular complexity index is 647. The standard InChI is InChI=1S/C16H19N3O3.C2H6/c1-21-14-7-12(8-15(9-14)22-2)19(18)10-16(17)11-3-5-13(20)6-4-11;1-2/h3-10,20H,17-18H2,1-2H3;1-2H3/b16-10-;. The number of benzene rings is 2. The Morgan fingerprint density at radius 1 is 1.00 bits per heavy atom. The predicted octanol–water partition coefficient (Wildman–Crippen LogP) is 3.07. The minimum absolute atomic E-state index is 0.179. The van der Waals surface area contributed by atoms with E-state index in [9.17, 15) is 5.11 Å². The maximum atomic E-state index is 9.29. The molecule has 0 saturated heterocycles. The van der Waals surface area contributed by atoms with E-state index in [0.717, 1.165) is 5.56 Å².